The van der Waals surface area contributed by atoms with Crippen molar-refractivity contribution in [3.05, 3.63) is 24.3 Å². The maximum atomic E-state index is 13.5. The second-order valence-electron chi connectivity index (χ2n) is 8.60. The van der Waals surface area contributed by atoms with Gasteiger partial charge in [0.25, 0.3) is 5.91 Å². The van der Waals surface area contributed by atoms with Gasteiger partial charge in [0.05, 0.1) is 23.9 Å². The van der Waals surface area contributed by atoms with Crippen LogP contribution >= 0.6 is 0 Å². The first-order valence-electron chi connectivity index (χ1n) is 10.8. The lowest BCUT2D eigenvalue weighted by Crippen LogP contribution is -2.41. The molecule has 5 rings (SSSR count). The van der Waals surface area contributed by atoms with Crippen LogP contribution in [0.2, 0.25) is 0 Å². The van der Waals surface area contributed by atoms with E-state index in [1.54, 1.807) is 6.20 Å². The van der Waals surface area contributed by atoms with Crippen LogP contribution in [0.4, 0.5) is 0 Å². The van der Waals surface area contributed by atoms with Crippen molar-refractivity contribution < 1.29 is 9.90 Å². The standard InChI is InChI=1S/C22H26N6O2/c23-9-5-14-1-3-15(4-2-14)28-19-17-6-10-24-20(17)25-13-18(19)26-21(28)22(30)27-11-7-16(29)8-12-27/h6,10,13-16,29H,1-5,7-8,11-12H2,(H,24,25)/t14-,15-. The highest BCUT2D eigenvalue weighted by Gasteiger charge is 2.32. The van der Waals surface area contributed by atoms with E-state index in [1.807, 2.05) is 17.2 Å². The van der Waals surface area contributed by atoms with E-state index in [-0.39, 0.29) is 18.1 Å². The molecule has 1 aliphatic carbocycles. The van der Waals surface area contributed by atoms with Crippen molar-refractivity contribution in [3.8, 4) is 6.07 Å². The molecule has 0 spiro atoms. The Balaban J connectivity index is 1.57. The number of aromatic nitrogens is 4. The largest absolute Gasteiger partial charge is 0.393 e. The van der Waals surface area contributed by atoms with Gasteiger partial charge < -0.3 is 19.6 Å². The number of aliphatic hydroxyl groups is 1. The molecule has 1 saturated carbocycles. The van der Waals surface area contributed by atoms with Crippen molar-refractivity contribution >= 4 is 28.0 Å². The predicted molar refractivity (Wildman–Crippen MR) is 112 cm³/mol. The number of amides is 1. The zero-order valence-corrected chi connectivity index (χ0v) is 16.9. The number of aliphatic hydroxyl groups excluding tert-OH is 1. The third kappa shape index (κ3) is 3.23. The van der Waals surface area contributed by atoms with E-state index in [0.29, 0.717) is 44.1 Å². The molecule has 2 aliphatic rings. The molecule has 8 heteroatoms. The summed E-state index contributed by atoms with van der Waals surface area (Å²) in [6, 6.07) is 4.48. The number of fused-ring (bicyclic) bond motifs is 3. The molecule has 3 aromatic rings. The van der Waals surface area contributed by atoms with Gasteiger partial charge in [0.2, 0.25) is 5.82 Å². The molecule has 1 aliphatic heterocycles. The topological polar surface area (TPSA) is 111 Å². The first-order valence-corrected chi connectivity index (χ1v) is 10.8. The minimum atomic E-state index is -0.327. The second kappa shape index (κ2) is 7.73. The maximum absolute atomic E-state index is 13.5. The first-order chi connectivity index (χ1) is 14.7. The molecule has 0 radical (unpaired) electrons. The van der Waals surface area contributed by atoms with Crippen LogP contribution in [0.15, 0.2) is 18.5 Å². The zero-order valence-electron chi connectivity index (χ0n) is 16.9. The minimum absolute atomic E-state index is 0.0686. The number of rotatable bonds is 3. The zero-order chi connectivity index (χ0) is 20.7. The normalized spacial score (nSPS) is 23.1. The molecular formula is C22H26N6O2. The minimum Gasteiger partial charge on any atom is -0.393 e. The van der Waals surface area contributed by atoms with E-state index >= 15 is 0 Å². The summed E-state index contributed by atoms with van der Waals surface area (Å²) < 4.78 is 2.14. The average molecular weight is 406 g/mol. The number of nitriles is 1. The number of pyridine rings is 1. The van der Waals surface area contributed by atoms with E-state index in [0.717, 1.165) is 47.8 Å². The highest BCUT2D eigenvalue weighted by atomic mass is 16.3. The summed E-state index contributed by atoms with van der Waals surface area (Å²) in [5.41, 5.74) is 2.49. The molecule has 8 nitrogen and oxygen atoms in total. The Morgan fingerprint density at radius 2 is 2.00 bits per heavy atom. The lowest BCUT2D eigenvalue weighted by atomic mass is 9.84. The molecule has 30 heavy (non-hydrogen) atoms. The summed E-state index contributed by atoms with van der Waals surface area (Å²) in [7, 11) is 0. The fourth-order valence-electron chi connectivity index (χ4n) is 5.05. The number of nitrogens with zero attached hydrogens (tertiary/aromatic N) is 5. The Hall–Kier alpha value is -2.92. The van der Waals surface area contributed by atoms with Crippen LogP contribution in [-0.4, -0.2) is 54.6 Å². The predicted octanol–water partition coefficient (Wildman–Crippen LogP) is 3.15. The van der Waals surface area contributed by atoms with Gasteiger partial charge in [0.1, 0.15) is 11.2 Å². The number of nitrogens with one attached hydrogen (secondary N) is 1. The van der Waals surface area contributed by atoms with Gasteiger partial charge in [-0.3, -0.25) is 4.79 Å². The molecule has 2 fully saturated rings. The van der Waals surface area contributed by atoms with Gasteiger partial charge >= 0.3 is 0 Å². The number of imidazole rings is 1. The fourth-order valence-corrected chi connectivity index (χ4v) is 5.05. The lowest BCUT2D eigenvalue weighted by Gasteiger charge is -2.32. The number of carbonyl (C=O) groups is 1. The van der Waals surface area contributed by atoms with Crippen molar-refractivity contribution in [2.45, 2.75) is 57.1 Å². The molecule has 1 amide bonds. The van der Waals surface area contributed by atoms with Crippen molar-refractivity contribution in [2.24, 2.45) is 5.92 Å². The van der Waals surface area contributed by atoms with Crippen molar-refractivity contribution in [1.82, 2.24) is 24.4 Å². The Morgan fingerprint density at radius 1 is 1.23 bits per heavy atom. The van der Waals surface area contributed by atoms with Crippen LogP contribution in [0.3, 0.4) is 0 Å². The molecule has 4 heterocycles. The molecule has 0 atom stereocenters. The van der Waals surface area contributed by atoms with E-state index < -0.39 is 0 Å². The van der Waals surface area contributed by atoms with Crippen molar-refractivity contribution in [2.75, 3.05) is 13.1 Å². The van der Waals surface area contributed by atoms with Gasteiger partial charge in [-0.05, 0) is 50.5 Å². The summed E-state index contributed by atoms with van der Waals surface area (Å²) in [6.45, 7) is 1.10. The quantitative estimate of drug-likeness (QED) is 0.694. The average Bonchev–Trinajstić information content (AvgIpc) is 3.39. The van der Waals surface area contributed by atoms with Gasteiger partial charge in [-0.2, -0.15) is 5.26 Å². The molecule has 0 bridgehead atoms. The fraction of sp³-hybridized carbons (Fsp3) is 0.545. The van der Waals surface area contributed by atoms with Gasteiger partial charge in [-0.1, -0.05) is 0 Å². The Kier molecular flexibility index (Phi) is 4.91. The Morgan fingerprint density at radius 3 is 2.73 bits per heavy atom. The van der Waals surface area contributed by atoms with Crippen LogP contribution in [0, 0.1) is 17.2 Å². The third-order valence-electron chi connectivity index (χ3n) is 6.74. The number of hydrogen-bond acceptors (Lipinski definition) is 5. The van der Waals surface area contributed by atoms with E-state index in [1.165, 1.54) is 0 Å². The highest BCUT2D eigenvalue weighted by molar-refractivity contribution is 6.04. The summed E-state index contributed by atoms with van der Waals surface area (Å²) >= 11 is 0. The summed E-state index contributed by atoms with van der Waals surface area (Å²) in [4.78, 5) is 27.7. The Labute approximate surface area is 174 Å². The molecule has 1 saturated heterocycles. The number of aromatic amines is 1. The summed E-state index contributed by atoms with van der Waals surface area (Å²) in [5.74, 6) is 0.847. The SMILES string of the molecule is N#CC[C@H]1CC[C@H](n2c(C(=O)N3CCC(O)CC3)nc3cnc4[nH]ccc4c32)CC1. The molecular weight excluding hydrogens is 380 g/mol. The number of hydrogen-bond donors (Lipinski definition) is 2. The molecule has 2 N–H and O–H groups in total. The van der Waals surface area contributed by atoms with Gasteiger partial charge in [-0.15, -0.1) is 0 Å². The molecule has 156 valence electrons. The Bertz CT molecular complexity index is 1110. The first kappa shape index (κ1) is 19.1. The van der Waals surface area contributed by atoms with Crippen molar-refractivity contribution in [1.29, 1.82) is 5.26 Å². The van der Waals surface area contributed by atoms with E-state index in [2.05, 4.69) is 20.6 Å². The monoisotopic (exact) mass is 406 g/mol. The van der Waals surface area contributed by atoms with Crippen LogP contribution in [0.5, 0.6) is 0 Å². The number of piperidine rings is 1. The van der Waals surface area contributed by atoms with Crippen LogP contribution in [0.25, 0.3) is 22.1 Å². The van der Waals surface area contributed by atoms with Crippen LogP contribution in [0.1, 0.15) is 61.6 Å². The summed E-state index contributed by atoms with van der Waals surface area (Å²) in [5, 5.41) is 19.8. The van der Waals surface area contributed by atoms with Gasteiger partial charge in [0.15, 0.2) is 0 Å². The van der Waals surface area contributed by atoms with E-state index in [4.69, 9.17) is 10.2 Å². The third-order valence-corrected chi connectivity index (χ3v) is 6.74. The van der Waals surface area contributed by atoms with Gasteiger partial charge in [-0.25, -0.2) is 9.97 Å². The smallest absolute Gasteiger partial charge is 0.289 e. The molecule has 0 unspecified atom stereocenters. The maximum Gasteiger partial charge on any atom is 0.289 e. The van der Waals surface area contributed by atoms with E-state index in [9.17, 15) is 9.90 Å². The van der Waals surface area contributed by atoms with Crippen LogP contribution < -0.4 is 0 Å². The highest BCUT2D eigenvalue weighted by Crippen LogP contribution is 2.38. The number of carbonyl (C=O) groups excluding carboxylic acids is 1. The lowest BCUT2D eigenvalue weighted by molar-refractivity contribution is 0.0529. The summed E-state index contributed by atoms with van der Waals surface area (Å²) in [6.07, 6.45) is 8.94. The van der Waals surface area contributed by atoms with Crippen LogP contribution in [-0.2, 0) is 0 Å². The molecule has 0 aromatic carbocycles. The van der Waals surface area contributed by atoms with Crippen molar-refractivity contribution in [3.63, 3.8) is 0 Å². The number of H-pyrrole nitrogens is 1. The number of likely N-dealkylation sites (tertiary alicyclic amines) is 1. The van der Waals surface area contributed by atoms with Gasteiger partial charge in [0, 0.05) is 37.1 Å². The molecule has 3 aromatic heterocycles. The second-order valence-corrected chi connectivity index (χ2v) is 8.60.